The van der Waals surface area contributed by atoms with Gasteiger partial charge in [0.2, 0.25) is 0 Å². The zero-order valence-electron chi connectivity index (χ0n) is 10.2. The summed E-state index contributed by atoms with van der Waals surface area (Å²) in [7, 11) is -0.947. The molecule has 0 aromatic carbocycles. The molecule has 16 heavy (non-hydrogen) atoms. The van der Waals surface area contributed by atoms with Crippen LogP contribution in [0.1, 0.15) is 32.1 Å². The van der Waals surface area contributed by atoms with Gasteiger partial charge in [-0.2, -0.15) is 0 Å². The van der Waals surface area contributed by atoms with Gasteiger partial charge in [-0.05, 0) is 39.2 Å². The van der Waals surface area contributed by atoms with Crippen LogP contribution >= 0.6 is 0 Å². The Morgan fingerprint density at radius 2 is 2.19 bits per heavy atom. The molecule has 1 fully saturated rings. The van der Waals surface area contributed by atoms with E-state index in [0.717, 1.165) is 32.3 Å². The predicted molar refractivity (Wildman–Crippen MR) is 65.4 cm³/mol. The summed E-state index contributed by atoms with van der Waals surface area (Å²) in [5, 5.41) is 3.18. The van der Waals surface area contributed by atoms with Crippen LogP contribution in [-0.4, -0.2) is 46.2 Å². The minimum Gasteiger partial charge on any atom is -0.378 e. The molecular formula is C11H23NO3S. The standard InChI is InChI=1S/C11H23NO3S/c1-12-10(7-9-16(2,13)14)5-6-11-4-3-8-15-11/h10-12H,3-9H2,1-2H3. The van der Waals surface area contributed by atoms with E-state index >= 15 is 0 Å². The summed E-state index contributed by atoms with van der Waals surface area (Å²) < 4.78 is 27.7. The molecule has 1 saturated heterocycles. The highest BCUT2D eigenvalue weighted by atomic mass is 32.2. The van der Waals surface area contributed by atoms with Gasteiger partial charge >= 0.3 is 0 Å². The Morgan fingerprint density at radius 1 is 1.44 bits per heavy atom. The Balaban J connectivity index is 2.20. The van der Waals surface area contributed by atoms with E-state index in [2.05, 4.69) is 5.32 Å². The molecular weight excluding hydrogens is 226 g/mol. The molecule has 1 aliphatic rings. The van der Waals surface area contributed by atoms with Crippen LogP contribution in [0.25, 0.3) is 0 Å². The van der Waals surface area contributed by atoms with Crippen molar-refractivity contribution in [3.8, 4) is 0 Å². The molecule has 2 unspecified atom stereocenters. The Labute approximate surface area is 98.7 Å². The summed E-state index contributed by atoms with van der Waals surface area (Å²) in [4.78, 5) is 0. The van der Waals surface area contributed by atoms with Crippen LogP contribution in [0.3, 0.4) is 0 Å². The van der Waals surface area contributed by atoms with Crippen LogP contribution in [0.2, 0.25) is 0 Å². The Kier molecular flexibility index (Phi) is 5.72. The molecule has 4 nitrogen and oxygen atoms in total. The fourth-order valence-electron chi connectivity index (χ4n) is 2.05. The first kappa shape index (κ1) is 13.9. The van der Waals surface area contributed by atoms with Crippen molar-refractivity contribution in [2.24, 2.45) is 0 Å². The lowest BCUT2D eigenvalue weighted by Gasteiger charge is -2.17. The smallest absolute Gasteiger partial charge is 0.147 e. The van der Waals surface area contributed by atoms with Crippen molar-refractivity contribution >= 4 is 9.84 Å². The minimum atomic E-state index is -2.84. The Morgan fingerprint density at radius 3 is 2.69 bits per heavy atom. The number of hydrogen-bond acceptors (Lipinski definition) is 4. The summed E-state index contributed by atoms with van der Waals surface area (Å²) in [6, 6.07) is 0.291. The van der Waals surface area contributed by atoms with Gasteiger partial charge in [-0.1, -0.05) is 0 Å². The largest absolute Gasteiger partial charge is 0.378 e. The molecule has 0 radical (unpaired) electrons. The maximum absolute atomic E-state index is 11.1. The number of hydrogen-bond donors (Lipinski definition) is 1. The van der Waals surface area contributed by atoms with Crippen molar-refractivity contribution in [2.75, 3.05) is 25.7 Å². The molecule has 0 aromatic heterocycles. The summed E-state index contributed by atoms with van der Waals surface area (Å²) in [5.41, 5.74) is 0. The van der Waals surface area contributed by atoms with E-state index in [-0.39, 0.29) is 5.75 Å². The molecule has 1 aliphatic heterocycles. The monoisotopic (exact) mass is 249 g/mol. The van der Waals surface area contributed by atoms with Gasteiger partial charge in [0, 0.05) is 18.9 Å². The van der Waals surface area contributed by atoms with Gasteiger partial charge in [0.15, 0.2) is 0 Å². The van der Waals surface area contributed by atoms with E-state index in [0.29, 0.717) is 18.6 Å². The van der Waals surface area contributed by atoms with Crippen molar-refractivity contribution in [1.82, 2.24) is 5.32 Å². The Hall–Kier alpha value is -0.130. The highest BCUT2D eigenvalue weighted by molar-refractivity contribution is 7.90. The molecule has 1 heterocycles. The van der Waals surface area contributed by atoms with Crippen LogP contribution in [0, 0.1) is 0 Å². The molecule has 1 rings (SSSR count). The van der Waals surface area contributed by atoms with Crippen LogP contribution in [0.15, 0.2) is 0 Å². The van der Waals surface area contributed by atoms with Crippen molar-refractivity contribution in [1.29, 1.82) is 0 Å². The lowest BCUT2D eigenvalue weighted by atomic mass is 10.0. The molecule has 0 spiro atoms. The fraction of sp³-hybridized carbons (Fsp3) is 1.00. The Bertz CT molecular complexity index is 284. The van der Waals surface area contributed by atoms with Crippen molar-refractivity contribution in [3.63, 3.8) is 0 Å². The second-order valence-corrected chi connectivity index (χ2v) is 6.88. The van der Waals surface area contributed by atoms with Crippen LogP contribution in [0.5, 0.6) is 0 Å². The summed E-state index contributed by atoms with van der Waals surface area (Å²) in [5.74, 6) is 0.268. The zero-order chi connectivity index (χ0) is 12.0. The first-order valence-electron chi connectivity index (χ1n) is 5.98. The summed E-state index contributed by atoms with van der Waals surface area (Å²) in [6.45, 7) is 0.887. The molecule has 0 aliphatic carbocycles. The van der Waals surface area contributed by atoms with Gasteiger partial charge in [0.05, 0.1) is 11.9 Å². The van der Waals surface area contributed by atoms with E-state index in [1.54, 1.807) is 0 Å². The minimum absolute atomic E-state index is 0.268. The van der Waals surface area contributed by atoms with E-state index in [1.165, 1.54) is 6.26 Å². The maximum Gasteiger partial charge on any atom is 0.147 e. The second-order valence-electron chi connectivity index (χ2n) is 4.62. The van der Waals surface area contributed by atoms with Crippen LogP contribution in [0.4, 0.5) is 0 Å². The van der Waals surface area contributed by atoms with Crippen molar-refractivity contribution in [2.45, 2.75) is 44.2 Å². The predicted octanol–water partition coefficient (Wildman–Crippen LogP) is 0.968. The lowest BCUT2D eigenvalue weighted by molar-refractivity contribution is 0.0997. The van der Waals surface area contributed by atoms with Gasteiger partial charge in [-0.3, -0.25) is 0 Å². The molecule has 1 N–H and O–H groups in total. The summed E-state index contributed by atoms with van der Waals surface area (Å²) >= 11 is 0. The third kappa shape index (κ3) is 5.82. The number of nitrogens with one attached hydrogen (secondary N) is 1. The third-order valence-corrected chi connectivity index (χ3v) is 4.08. The quantitative estimate of drug-likeness (QED) is 0.730. The topological polar surface area (TPSA) is 55.4 Å². The SMILES string of the molecule is CNC(CCC1CCCO1)CCS(C)(=O)=O. The average molecular weight is 249 g/mol. The average Bonchev–Trinajstić information content (AvgIpc) is 2.69. The lowest BCUT2D eigenvalue weighted by Crippen LogP contribution is -2.28. The van der Waals surface area contributed by atoms with Gasteiger partial charge in [-0.15, -0.1) is 0 Å². The second kappa shape index (κ2) is 6.57. The van der Waals surface area contributed by atoms with Gasteiger partial charge < -0.3 is 10.1 Å². The van der Waals surface area contributed by atoms with E-state index in [4.69, 9.17) is 4.74 Å². The highest BCUT2D eigenvalue weighted by Crippen LogP contribution is 2.18. The van der Waals surface area contributed by atoms with Gasteiger partial charge in [0.1, 0.15) is 9.84 Å². The van der Waals surface area contributed by atoms with E-state index in [9.17, 15) is 8.42 Å². The molecule has 5 heteroatoms. The highest BCUT2D eigenvalue weighted by Gasteiger charge is 2.18. The number of ether oxygens (including phenoxy) is 1. The summed E-state index contributed by atoms with van der Waals surface area (Å²) in [6.07, 6.45) is 6.74. The van der Waals surface area contributed by atoms with E-state index < -0.39 is 9.84 Å². The maximum atomic E-state index is 11.1. The molecule has 2 atom stereocenters. The number of sulfone groups is 1. The van der Waals surface area contributed by atoms with Gasteiger partial charge in [-0.25, -0.2) is 8.42 Å². The van der Waals surface area contributed by atoms with Crippen molar-refractivity contribution in [3.05, 3.63) is 0 Å². The van der Waals surface area contributed by atoms with E-state index in [1.807, 2.05) is 7.05 Å². The van der Waals surface area contributed by atoms with Crippen LogP contribution < -0.4 is 5.32 Å². The van der Waals surface area contributed by atoms with Crippen LogP contribution in [-0.2, 0) is 14.6 Å². The molecule has 0 amide bonds. The third-order valence-electron chi connectivity index (χ3n) is 3.11. The molecule has 0 bridgehead atoms. The molecule has 96 valence electrons. The normalized spacial score (nSPS) is 23.5. The first-order chi connectivity index (χ1) is 7.51. The first-order valence-corrected chi connectivity index (χ1v) is 8.04. The number of rotatable bonds is 7. The molecule has 0 aromatic rings. The molecule has 0 saturated carbocycles. The fourth-order valence-corrected chi connectivity index (χ4v) is 2.76. The zero-order valence-corrected chi connectivity index (χ0v) is 11.1. The van der Waals surface area contributed by atoms with Crippen molar-refractivity contribution < 1.29 is 13.2 Å². The van der Waals surface area contributed by atoms with Gasteiger partial charge in [0.25, 0.3) is 0 Å².